The van der Waals surface area contributed by atoms with E-state index in [1.807, 2.05) is 13.8 Å². The molecule has 2 nitrogen and oxygen atoms in total. The summed E-state index contributed by atoms with van der Waals surface area (Å²) in [6, 6.07) is 0. The number of allylic oxidation sites excluding steroid dienone is 1. The van der Waals surface area contributed by atoms with Gasteiger partial charge >= 0.3 is 5.97 Å². The fourth-order valence-corrected chi connectivity index (χ4v) is 0.444. The molecule has 0 unspecified atom stereocenters. The van der Waals surface area contributed by atoms with E-state index in [1.54, 1.807) is 6.92 Å². The molecule has 0 heterocycles. The normalized spacial score (nSPS) is 9.09. The van der Waals surface area contributed by atoms with Crippen molar-refractivity contribution in [3.63, 3.8) is 0 Å². The zero-order valence-electron chi connectivity index (χ0n) is 7.11. The highest BCUT2D eigenvalue weighted by Crippen LogP contribution is 2.03. The number of rotatable bonds is 3. The summed E-state index contributed by atoms with van der Waals surface area (Å²) in [6.45, 7) is 4.51. The highest BCUT2D eigenvalue weighted by molar-refractivity contribution is 5.88. The fraction of sp³-hybridized carbons (Fsp3) is 0.625. The number of hydrogen-bond acceptors (Lipinski definition) is 2. The van der Waals surface area contributed by atoms with E-state index in [0.29, 0.717) is 5.57 Å². The maximum atomic E-state index is 11.5. The molecule has 0 aromatic heterocycles. The largest absolute Gasteiger partial charge is 0.460 e. The molecule has 0 aromatic carbocycles. The molecule has 0 amide bonds. The van der Waals surface area contributed by atoms with E-state index in [9.17, 15) is 9.18 Å². The Balaban J connectivity index is 3.95. The first-order chi connectivity index (χ1) is 5.09. The van der Waals surface area contributed by atoms with Gasteiger partial charge in [-0.05, 0) is 20.8 Å². The van der Waals surface area contributed by atoms with Crippen molar-refractivity contribution in [2.45, 2.75) is 20.8 Å². The number of carbonyl (C=O) groups is 1. The molecule has 0 fully saturated rings. The molecule has 0 rings (SSSR count). The molecule has 0 radical (unpaired) electrons. The summed E-state index contributed by atoms with van der Waals surface area (Å²) in [7, 11) is 0. The minimum absolute atomic E-state index is 0.149. The van der Waals surface area contributed by atoms with Crippen LogP contribution in [0.15, 0.2) is 11.1 Å². The van der Waals surface area contributed by atoms with Crippen LogP contribution in [0.25, 0.3) is 0 Å². The Morgan fingerprint density at radius 3 is 2.27 bits per heavy atom. The third-order valence-corrected chi connectivity index (χ3v) is 1.37. The molecule has 0 aliphatic rings. The van der Waals surface area contributed by atoms with Crippen LogP contribution in [0, 0.1) is 0 Å². The molecule has 0 saturated heterocycles. The second-order valence-corrected chi connectivity index (χ2v) is 2.45. The summed E-state index contributed by atoms with van der Waals surface area (Å²) < 4.78 is 16.1. The Morgan fingerprint density at radius 1 is 1.36 bits per heavy atom. The van der Waals surface area contributed by atoms with Crippen molar-refractivity contribution in [2.75, 3.05) is 13.3 Å². The van der Waals surface area contributed by atoms with Crippen LogP contribution in [0.2, 0.25) is 0 Å². The van der Waals surface area contributed by atoms with Crippen molar-refractivity contribution in [2.24, 2.45) is 0 Å². The predicted octanol–water partition coefficient (Wildman–Crippen LogP) is 1.86. The van der Waals surface area contributed by atoms with E-state index < -0.39 is 12.6 Å². The number of halogens is 1. The Kier molecular flexibility index (Phi) is 4.50. The minimum atomic E-state index is -0.623. The molecule has 0 atom stereocenters. The molecule has 64 valence electrons. The van der Waals surface area contributed by atoms with Crippen molar-refractivity contribution in [1.82, 2.24) is 0 Å². The quantitative estimate of drug-likeness (QED) is 0.465. The lowest BCUT2D eigenvalue weighted by Gasteiger charge is -2.02. The lowest BCUT2D eigenvalue weighted by atomic mass is 10.2. The van der Waals surface area contributed by atoms with Gasteiger partial charge in [-0.25, -0.2) is 9.18 Å². The van der Waals surface area contributed by atoms with Gasteiger partial charge in [0.1, 0.15) is 13.3 Å². The summed E-state index contributed by atoms with van der Waals surface area (Å²) in [5, 5.41) is 0. The van der Waals surface area contributed by atoms with Crippen LogP contribution in [-0.2, 0) is 9.53 Å². The molecular weight excluding hydrogens is 147 g/mol. The van der Waals surface area contributed by atoms with Gasteiger partial charge in [0.25, 0.3) is 0 Å². The number of ether oxygens (including phenoxy) is 1. The summed E-state index contributed by atoms with van der Waals surface area (Å²) in [4.78, 5) is 10.9. The lowest BCUT2D eigenvalue weighted by molar-refractivity contribution is -0.139. The van der Waals surface area contributed by atoms with E-state index in [1.165, 1.54) is 0 Å². The van der Waals surface area contributed by atoms with E-state index in [-0.39, 0.29) is 6.61 Å². The first kappa shape index (κ1) is 10.1. The second-order valence-electron chi connectivity index (χ2n) is 2.45. The zero-order chi connectivity index (χ0) is 8.85. The van der Waals surface area contributed by atoms with Gasteiger partial charge in [-0.2, -0.15) is 0 Å². The molecule has 0 saturated carbocycles. The Hall–Kier alpha value is -0.860. The average Bonchev–Trinajstić information content (AvgIpc) is 1.98. The fourth-order valence-electron chi connectivity index (χ4n) is 0.444. The maximum Gasteiger partial charge on any atom is 0.333 e. The predicted molar refractivity (Wildman–Crippen MR) is 41.0 cm³/mol. The topological polar surface area (TPSA) is 26.3 Å². The van der Waals surface area contributed by atoms with E-state index in [2.05, 4.69) is 4.74 Å². The van der Waals surface area contributed by atoms with Gasteiger partial charge in [0.15, 0.2) is 0 Å². The smallest absolute Gasteiger partial charge is 0.333 e. The van der Waals surface area contributed by atoms with E-state index in [0.717, 1.165) is 5.57 Å². The summed E-state index contributed by atoms with van der Waals surface area (Å²) in [6.07, 6.45) is 0. The first-order valence-corrected chi connectivity index (χ1v) is 3.46. The average molecular weight is 160 g/mol. The summed E-state index contributed by atoms with van der Waals surface area (Å²) in [5.41, 5.74) is 1.45. The van der Waals surface area contributed by atoms with Gasteiger partial charge in [-0.1, -0.05) is 5.57 Å². The highest BCUT2D eigenvalue weighted by atomic mass is 19.1. The van der Waals surface area contributed by atoms with Crippen molar-refractivity contribution in [3.8, 4) is 0 Å². The SMILES string of the molecule is CC(C)=C(C)C(=O)OCCF. The molecule has 0 aliphatic carbocycles. The monoisotopic (exact) mass is 160 g/mol. The third kappa shape index (κ3) is 3.75. The Labute approximate surface area is 66.0 Å². The van der Waals surface area contributed by atoms with Crippen LogP contribution < -0.4 is 0 Å². The van der Waals surface area contributed by atoms with Crippen LogP contribution in [0.1, 0.15) is 20.8 Å². The van der Waals surface area contributed by atoms with E-state index >= 15 is 0 Å². The van der Waals surface area contributed by atoms with Crippen LogP contribution in [-0.4, -0.2) is 19.3 Å². The van der Waals surface area contributed by atoms with Crippen molar-refractivity contribution >= 4 is 5.97 Å². The van der Waals surface area contributed by atoms with Crippen LogP contribution in [0.4, 0.5) is 4.39 Å². The Morgan fingerprint density at radius 2 is 1.91 bits per heavy atom. The lowest BCUT2D eigenvalue weighted by Crippen LogP contribution is -2.08. The van der Waals surface area contributed by atoms with Crippen molar-refractivity contribution in [3.05, 3.63) is 11.1 Å². The molecule has 0 aliphatic heterocycles. The third-order valence-electron chi connectivity index (χ3n) is 1.37. The van der Waals surface area contributed by atoms with Crippen LogP contribution >= 0.6 is 0 Å². The highest BCUT2D eigenvalue weighted by Gasteiger charge is 2.05. The Bertz CT molecular complexity index is 169. The minimum Gasteiger partial charge on any atom is -0.460 e. The molecule has 0 N–H and O–H groups in total. The maximum absolute atomic E-state index is 11.5. The van der Waals surface area contributed by atoms with Gasteiger partial charge in [0.2, 0.25) is 0 Å². The molecule has 11 heavy (non-hydrogen) atoms. The zero-order valence-corrected chi connectivity index (χ0v) is 7.11. The van der Waals surface area contributed by atoms with Crippen LogP contribution in [0.5, 0.6) is 0 Å². The van der Waals surface area contributed by atoms with Gasteiger partial charge < -0.3 is 4.74 Å². The van der Waals surface area contributed by atoms with Crippen molar-refractivity contribution in [1.29, 1.82) is 0 Å². The van der Waals surface area contributed by atoms with Gasteiger partial charge in [0, 0.05) is 5.57 Å². The number of hydrogen-bond donors (Lipinski definition) is 0. The molecule has 0 aromatic rings. The number of alkyl halides is 1. The van der Waals surface area contributed by atoms with Gasteiger partial charge in [-0.15, -0.1) is 0 Å². The molecule has 0 spiro atoms. The molecule has 0 bridgehead atoms. The second kappa shape index (κ2) is 4.88. The first-order valence-electron chi connectivity index (χ1n) is 3.46. The molecule has 3 heteroatoms. The van der Waals surface area contributed by atoms with E-state index in [4.69, 9.17) is 0 Å². The number of carbonyl (C=O) groups excluding carboxylic acids is 1. The standard InChI is InChI=1S/C8H13FO2/c1-6(2)7(3)8(10)11-5-4-9/h4-5H2,1-3H3. The summed E-state index contributed by atoms with van der Waals surface area (Å²) in [5.74, 6) is -0.428. The van der Waals surface area contributed by atoms with Crippen molar-refractivity contribution < 1.29 is 13.9 Å². The molecular formula is C8H13FO2. The summed E-state index contributed by atoms with van der Waals surface area (Å²) >= 11 is 0. The number of esters is 1. The van der Waals surface area contributed by atoms with Crippen LogP contribution in [0.3, 0.4) is 0 Å². The van der Waals surface area contributed by atoms with Gasteiger partial charge in [0.05, 0.1) is 0 Å². The van der Waals surface area contributed by atoms with Gasteiger partial charge in [-0.3, -0.25) is 0 Å².